The van der Waals surface area contributed by atoms with Crippen molar-refractivity contribution in [3.05, 3.63) is 64.2 Å². The summed E-state index contributed by atoms with van der Waals surface area (Å²) < 4.78 is 0. The second kappa shape index (κ2) is 6.94. The molecule has 0 aromatic heterocycles. The normalized spacial score (nSPS) is 9.67. The molecule has 4 heteroatoms. The van der Waals surface area contributed by atoms with E-state index in [9.17, 15) is 4.79 Å². The van der Waals surface area contributed by atoms with E-state index in [2.05, 4.69) is 17.2 Å². The Hall–Kier alpha value is -2.28. The highest BCUT2D eigenvalue weighted by atomic mass is 35.5. The molecule has 21 heavy (non-hydrogen) atoms. The molecule has 1 amide bonds. The van der Waals surface area contributed by atoms with Crippen LogP contribution in [0, 0.1) is 18.8 Å². The molecule has 2 rings (SSSR count). The van der Waals surface area contributed by atoms with Gasteiger partial charge in [-0.15, -0.1) is 0 Å². The molecular formula is C17H15ClN2O. The third-order valence-corrected chi connectivity index (χ3v) is 3.41. The Labute approximate surface area is 129 Å². The Morgan fingerprint density at radius 3 is 2.62 bits per heavy atom. The molecule has 2 aromatic carbocycles. The minimum absolute atomic E-state index is 0.182. The number of halogens is 1. The maximum atomic E-state index is 12.2. The summed E-state index contributed by atoms with van der Waals surface area (Å²) in [6.07, 6.45) is 0. The van der Waals surface area contributed by atoms with Gasteiger partial charge in [0.25, 0.3) is 5.91 Å². The molecule has 0 fully saturated rings. The van der Waals surface area contributed by atoms with Crippen LogP contribution in [0.25, 0.3) is 0 Å². The molecule has 0 aliphatic rings. The fourth-order valence-corrected chi connectivity index (χ4v) is 1.97. The van der Waals surface area contributed by atoms with E-state index < -0.39 is 0 Å². The smallest absolute Gasteiger partial charge is 0.255 e. The van der Waals surface area contributed by atoms with Crippen molar-refractivity contribution in [2.24, 2.45) is 5.73 Å². The summed E-state index contributed by atoms with van der Waals surface area (Å²) >= 11 is 6.04. The number of hydrogen-bond acceptors (Lipinski definition) is 2. The fourth-order valence-electron chi connectivity index (χ4n) is 1.80. The van der Waals surface area contributed by atoms with Crippen LogP contribution in [0.3, 0.4) is 0 Å². The molecule has 0 unspecified atom stereocenters. The van der Waals surface area contributed by atoms with Crippen molar-refractivity contribution < 1.29 is 4.79 Å². The van der Waals surface area contributed by atoms with Gasteiger partial charge >= 0.3 is 0 Å². The van der Waals surface area contributed by atoms with Gasteiger partial charge in [-0.2, -0.15) is 0 Å². The van der Waals surface area contributed by atoms with Crippen molar-refractivity contribution in [2.75, 3.05) is 11.9 Å². The fraction of sp³-hybridized carbons (Fsp3) is 0.118. The first kappa shape index (κ1) is 15.1. The van der Waals surface area contributed by atoms with Crippen LogP contribution in [0.15, 0.2) is 42.5 Å². The molecule has 0 aliphatic carbocycles. The van der Waals surface area contributed by atoms with E-state index in [0.717, 1.165) is 11.1 Å². The van der Waals surface area contributed by atoms with E-state index in [1.54, 1.807) is 36.4 Å². The minimum Gasteiger partial charge on any atom is -0.322 e. The van der Waals surface area contributed by atoms with Gasteiger partial charge in [-0.25, -0.2) is 0 Å². The molecule has 0 aliphatic heterocycles. The number of hydrogen-bond donors (Lipinski definition) is 2. The highest BCUT2D eigenvalue weighted by Crippen LogP contribution is 2.23. The van der Waals surface area contributed by atoms with Gasteiger partial charge in [0.2, 0.25) is 0 Å². The van der Waals surface area contributed by atoms with Crippen LogP contribution in [0.4, 0.5) is 5.69 Å². The summed E-state index contributed by atoms with van der Waals surface area (Å²) in [5.41, 5.74) is 8.26. The maximum Gasteiger partial charge on any atom is 0.255 e. The number of carbonyl (C=O) groups is 1. The third-order valence-electron chi connectivity index (χ3n) is 3.00. The zero-order chi connectivity index (χ0) is 15.2. The second-order valence-corrected chi connectivity index (χ2v) is 4.86. The van der Waals surface area contributed by atoms with Crippen molar-refractivity contribution in [3.8, 4) is 11.8 Å². The van der Waals surface area contributed by atoms with Crippen LogP contribution in [0.1, 0.15) is 21.5 Å². The summed E-state index contributed by atoms with van der Waals surface area (Å²) in [7, 11) is 0. The van der Waals surface area contributed by atoms with Crippen LogP contribution in [0.5, 0.6) is 0 Å². The molecule has 0 spiro atoms. The first-order valence-corrected chi connectivity index (χ1v) is 6.85. The van der Waals surface area contributed by atoms with Gasteiger partial charge in [-0.05, 0) is 48.9 Å². The largest absolute Gasteiger partial charge is 0.322 e. The van der Waals surface area contributed by atoms with Gasteiger partial charge in [0.15, 0.2) is 0 Å². The highest BCUT2D eigenvalue weighted by Gasteiger charge is 2.08. The molecule has 0 heterocycles. The maximum absolute atomic E-state index is 12.2. The van der Waals surface area contributed by atoms with E-state index in [0.29, 0.717) is 22.8 Å². The van der Waals surface area contributed by atoms with Crippen molar-refractivity contribution in [1.82, 2.24) is 0 Å². The lowest BCUT2D eigenvalue weighted by Crippen LogP contribution is -2.12. The highest BCUT2D eigenvalue weighted by molar-refractivity contribution is 6.31. The van der Waals surface area contributed by atoms with Crippen LogP contribution in [0.2, 0.25) is 5.02 Å². The number of rotatable bonds is 2. The molecule has 0 bridgehead atoms. The number of carbonyl (C=O) groups excluding carboxylic acids is 1. The van der Waals surface area contributed by atoms with E-state index in [1.165, 1.54) is 0 Å². The third kappa shape index (κ3) is 3.85. The summed E-state index contributed by atoms with van der Waals surface area (Å²) in [6.45, 7) is 2.18. The molecule has 0 saturated heterocycles. The molecule has 3 N–H and O–H groups in total. The Bertz CT molecular complexity index is 712. The van der Waals surface area contributed by atoms with Crippen molar-refractivity contribution in [2.45, 2.75) is 6.92 Å². The van der Waals surface area contributed by atoms with Crippen molar-refractivity contribution in [3.63, 3.8) is 0 Å². The summed E-state index contributed by atoms with van der Waals surface area (Å²) in [5.74, 6) is 5.50. The molecule has 0 atom stereocenters. The van der Waals surface area contributed by atoms with Crippen molar-refractivity contribution in [1.29, 1.82) is 0 Å². The Balaban J connectivity index is 2.15. The summed E-state index contributed by atoms with van der Waals surface area (Å²) in [5, 5.41) is 3.48. The molecule has 106 valence electrons. The van der Waals surface area contributed by atoms with E-state index >= 15 is 0 Å². The molecule has 0 saturated carbocycles. The SMILES string of the molecule is Cc1c(Cl)cccc1NC(=O)c1ccc(C#CCN)cc1. The van der Waals surface area contributed by atoms with E-state index in [4.69, 9.17) is 17.3 Å². The lowest BCUT2D eigenvalue weighted by molar-refractivity contribution is 0.102. The standard InChI is InChI=1S/C17H15ClN2O/c1-12-15(18)5-2-6-16(12)20-17(21)14-9-7-13(8-10-14)4-3-11-19/h2,5-10H,11,19H2,1H3,(H,20,21). The number of amides is 1. The monoisotopic (exact) mass is 298 g/mol. The summed E-state index contributed by atoms with van der Waals surface area (Å²) in [6, 6.07) is 12.5. The first-order chi connectivity index (χ1) is 10.1. The van der Waals surface area contributed by atoms with Crippen LogP contribution >= 0.6 is 11.6 Å². The zero-order valence-electron chi connectivity index (χ0n) is 11.6. The number of nitrogens with one attached hydrogen (secondary N) is 1. The second-order valence-electron chi connectivity index (χ2n) is 4.45. The minimum atomic E-state index is -0.182. The van der Waals surface area contributed by atoms with Crippen molar-refractivity contribution >= 4 is 23.2 Å². The molecule has 2 aromatic rings. The van der Waals surface area contributed by atoms with Gasteiger partial charge in [0, 0.05) is 21.8 Å². The van der Waals surface area contributed by atoms with Crippen LogP contribution in [-0.2, 0) is 0 Å². The average Bonchev–Trinajstić information content (AvgIpc) is 2.50. The van der Waals surface area contributed by atoms with Gasteiger partial charge in [-0.3, -0.25) is 4.79 Å². The van der Waals surface area contributed by atoms with Gasteiger partial charge < -0.3 is 11.1 Å². The molecule has 3 nitrogen and oxygen atoms in total. The van der Waals surface area contributed by atoms with E-state index in [-0.39, 0.29) is 5.91 Å². The lowest BCUT2D eigenvalue weighted by Gasteiger charge is -2.09. The Morgan fingerprint density at radius 2 is 1.95 bits per heavy atom. The molecular weight excluding hydrogens is 284 g/mol. The molecule has 0 radical (unpaired) electrons. The Kier molecular flexibility index (Phi) is 4.99. The number of benzene rings is 2. The lowest BCUT2D eigenvalue weighted by atomic mass is 10.1. The van der Waals surface area contributed by atoms with Gasteiger partial charge in [0.05, 0.1) is 6.54 Å². The van der Waals surface area contributed by atoms with E-state index in [1.807, 2.05) is 13.0 Å². The average molecular weight is 299 g/mol. The van der Waals surface area contributed by atoms with Crippen LogP contribution in [-0.4, -0.2) is 12.5 Å². The van der Waals surface area contributed by atoms with Gasteiger partial charge in [-0.1, -0.05) is 29.5 Å². The first-order valence-electron chi connectivity index (χ1n) is 6.47. The quantitative estimate of drug-likeness (QED) is 0.837. The topological polar surface area (TPSA) is 55.1 Å². The predicted molar refractivity (Wildman–Crippen MR) is 86.5 cm³/mol. The zero-order valence-corrected chi connectivity index (χ0v) is 12.4. The number of anilines is 1. The van der Waals surface area contributed by atoms with Gasteiger partial charge in [0.1, 0.15) is 0 Å². The number of nitrogens with two attached hydrogens (primary N) is 1. The van der Waals surface area contributed by atoms with Crippen LogP contribution < -0.4 is 11.1 Å². The summed E-state index contributed by atoms with van der Waals surface area (Å²) in [4.78, 5) is 12.2. The predicted octanol–water partition coefficient (Wildman–Crippen LogP) is 3.21. The Morgan fingerprint density at radius 1 is 1.24 bits per heavy atom.